The second kappa shape index (κ2) is 7.33. The fourth-order valence-electron chi connectivity index (χ4n) is 2.97. The largest absolute Gasteiger partial charge is 0.419 e. The van der Waals surface area contributed by atoms with Crippen molar-refractivity contribution in [2.24, 2.45) is 0 Å². The molecule has 1 amide bonds. The number of nitrogens with zero attached hydrogens (tertiary/aromatic N) is 3. The Balaban J connectivity index is 1.33. The highest BCUT2D eigenvalue weighted by Crippen LogP contribution is 2.14. The third-order valence-electron chi connectivity index (χ3n) is 4.28. The zero-order valence-electron chi connectivity index (χ0n) is 14.5. The number of para-hydroxylation sites is 2. The molecule has 0 radical (unpaired) electrons. The van der Waals surface area contributed by atoms with Crippen molar-refractivity contribution in [3.8, 4) is 5.69 Å². The molecule has 0 spiro atoms. The van der Waals surface area contributed by atoms with Crippen LogP contribution in [0.1, 0.15) is 12.8 Å². The smallest absolute Gasteiger partial charge is 0.408 e. The number of nitrogens with one attached hydrogen (secondary N) is 1. The minimum absolute atomic E-state index is 0.0947. The summed E-state index contributed by atoms with van der Waals surface area (Å²) >= 11 is 0. The molecule has 0 aliphatic carbocycles. The van der Waals surface area contributed by atoms with Crippen molar-refractivity contribution < 1.29 is 9.21 Å². The second-order valence-corrected chi connectivity index (χ2v) is 6.14. The van der Waals surface area contributed by atoms with Gasteiger partial charge in [-0.15, -0.1) is 0 Å². The zero-order chi connectivity index (χ0) is 18.6. The van der Waals surface area contributed by atoms with Crippen LogP contribution in [0.4, 0.5) is 5.69 Å². The van der Waals surface area contributed by atoms with Crippen LogP contribution in [-0.2, 0) is 11.3 Å². The van der Waals surface area contributed by atoms with E-state index in [0.717, 1.165) is 16.9 Å². The van der Waals surface area contributed by atoms with Gasteiger partial charge in [0.25, 0.3) is 0 Å². The summed E-state index contributed by atoms with van der Waals surface area (Å²) in [6.45, 7) is 0.432. The van der Waals surface area contributed by atoms with E-state index in [-0.39, 0.29) is 5.91 Å². The second-order valence-electron chi connectivity index (χ2n) is 6.14. The Hall–Kier alpha value is -3.61. The van der Waals surface area contributed by atoms with Crippen molar-refractivity contribution in [2.45, 2.75) is 19.4 Å². The van der Waals surface area contributed by atoms with E-state index >= 15 is 0 Å². The molecule has 4 aromatic rings. The molecular formula is C20H18N4O3. The minimum atomic E-state index is -0.397. The van der Waals surface area contributed by atoms with Crippen LogP contribution in [0.5, 0.6) is 0 Å². The van der Waals surface area contributed by atoms with Crippen LogP contribution in [0.25, 0.3) is 16.8 Å². The average molecular weight is 362 g/mol. The van der Waals surface area contributed by atoms with Crippen LogP contribution >= 0.6 is 0 Å². The molecule has 7 heteroatoms. The standard InChI is InChI=1S/C20H18N4O3/c25-19(22-15-8-10-16(11-9-15)24-14-4-12-21-24)7-3-13-23-17-5-1-2-6-18(17)27-20(23)26/h1-2,4-6,8-12,14H,3,7,13H2,(H,22,25). The van der Waals surface area contributed by atoms with E-state index in [1.54, 1.807) is 21.5 Å². The SMILES string of the molecule is O=C(CCCn1c(=O)oc2ccccc21)Nc1ccc(-n2cccn2)cc1. The quantitative estimate of drug-likeness (QED) is 0.571. The molecule has 4 rings (SSSR count). The maximum Gasteiger partial charge on any atom is 0.419 e. The summed E-state index contributed by atoms with van der Waals surface area (Å²) in [4.78, 5) is 24.1. The highest BCUT2D eigenvalue weighted by molar-refractivity contribution is 5.90. The number of aromatic nitrogens is 3. The van der Waals surface area contributed by atoms with Crippen molar-refractivity contribution in [3.63, 3.8) is 0 Å². The summed E-state index contributed by atoms with van der Waals surface area (Å²) in [5.74, 6) is -0.492. The van der Waals surface area contributed by atoms with Gasteiger partial charge in [-0.25, -0.2) is 9.48 Å². The molecule has 2 aromatic carbocycles. The van der Waals surface area contributed by atoms with Crippen LogP contribution in [0.15, 0.2) is 76.2 Å². The van der Waals surface area contributed by atoms with Crippen LogP contribution in [0.3, 0.4) is 0 Å². The Morgan fingerprint density at radius 1 is 1.07 bits per heavy atom. The highest BCUT2D eigenvalue weighted by Gasteiger charge is 2.09. The maximum atomic E-state index is 12.2. The van der Waals surface area contributed by atoms with Gasteiger partial charge < -0.3 is 9.73 Å². The summed E-state index contributed by atoms with van der Waals surface area (Å²) in [5, 5.41) is 7.03. The van der Waals surface area contributed by atoms with Crippen molar-refractivity contribution >= 4 is 22.7 Å². The van der Waals surface area contributed by atoms with Gasteiger partial charge in [-0.1, -0.05) is 12.1 Å². The van der Waals surface area contributed by atoms with E-state index in [2.05, 4.69) is 10.4 Å². The number of hydrogen-bond acceptors (Lipinski definition) is 4. The average Bonchev–Trinajstić information content (AvgIpc) is 3.31. The molecule has 2 aromatic heterocycles. The molecule has 0 aliphatic heterocycles. The molecule has 1 N–H and O–H groups in total. The number of amides is 1. The topological polar surface area (TPSA) is 82.1 Å². The number of rotatable bonds is 6. The molecule has 27 heavy (non-hydrogen) atoms. The lowest BCUT2D eigenvalue weighted by molar-refractivity contribution is -0.116. The molecule has 2 heterocycles. The van der Waals surface area contributed by atoms with Gasteiger partial charge in [0.15, 0.2) is 5.58 Å². The number of carbonyl (C=O) groups excluding carboxylic acids is 1. The monoisotopic (exact) mass is 362 g/mol. The van der Waals surface area contributed by atoms with Gasteiger partial charge in [-0.3, -0.25) is 9.36 Å². The summed E-state index contributed by atoms with van der Waals surface area (Å²) < 4.78 is 8.50. The molecule has 0 fully saturated rings. The molecule has 0 saturated carbocycles. The first-order valence-corrected chi connectivity index (χ1v) is 8.69. The fourth-order valence-corrected chi connectivity index (χ4v) is 2.97. The van der Waals surface area contributed by atoms with E-state index in [9.17, 15) is 9.59 Å². The lowest BCUT2D eigenvalue weighted by Gasteiger charge is -2.07. The number of oxazole rings is 1. The Labute approximate surface area is 154 Å². The van der Waals surface area contributed by atoms with Crippen molar-refractivity contribution in [2.75, 3.05) is 5.32 Å². The van der Waals surface area contributed by atoms with Gasteiger partial charge in [-0.05, 0) is 48.9 Å². The molecule has 136 valence electrons. The van der Waals surface area contributed by atoms with Crippen molar-refractivity contribution in [3.05, 3.63) is 77.5 Å². The van der Waals surface area contributed by atoms with E-state index in [0.29, 0.717) is 25.0 Å². The Morgan fingerprint density at radius 3 is 2.67 bits per heavy atom. The van der Waals surface area contributed by atoms with E-state index in [4.69, 9.17) is 4.42 Å². The Morgan fingerprint density at radius 2 is 1.89 bits per heavy atom. The first-order valence-electron chi connectivity index (χ1n) is 8.69. The van der Waals surface area contributed by atoms with Crippen molar-refractivity contribution in [1.82, 2.24) is 14.3 Å². The molecule has 0 atom stereocenters. The fraction of sp³-hybridized carbons (Fsp3) is 0.150. The van der Waals surface area contributed by atoms with Gasteiger partial charge in [0.2, 0.25) is 5.91 Å². The number of anilines is 1. The first-order chi connectivity index (χ1) is 13.2. The molecule has 7 nitrogen and oxygen atoms in total. The lowest BCUT2D eigenvalue weighted by atomic mass is 10.2. The van der Waals surface area contributed by atoms with Crippen LogP contribution in [-0.4, -0.2) is 20.3 Å². The van der Waals surface area contributed by atoms with Gasteiger partial charge in [0.05, 0.1) is 11.2 Å². The first kappa shape index (κ1) is 16.8. The number of hydrogen-bond donors (Lipinski definition) is 1. The van der Waals surface area contributed by atoms with Gasteiger partial charge in [0, 0.05) is 31.0 Å². The van der Waals surface area contributed by atoms with E-state index in [1.807, 2.05) is 54.7 Å². The van der Waals surface area contributed by atoms with Gasteiger partial charge >= 0.3 is 5.76 Å². The molecule has 0 unspecified atom stereocenters. The number of benzene rings is 2. The van der Waals surface area contributed by atoms with Crippen LogP contribution in [0.2, 0.25) is 0 Å². The third kappa shape index (κ3) is 3.67. The lowest BCUT2D eigenvalue weighted by Crippen LogP contribution is -2.17. The molecule has 0 aliphatic rings. The van der Waals surface area contributed by atoms with Crippen LogP contribution in [0, 0.1) is 0 Å². The zero-order valence-corrected chi connectivity index (χ0v) is 14.5. The Bertz CT molecular complexity index is 1110. The number of carbonyl (C=O) groups is 1. The molecular weight excluding hydrogens is 344 g/mol. The number of aryl methyl sites for hydroxylation is 1. The van der Waals surface area contributed by atoms with Crippen molar-refractivity contribution in [1.29, 1.82) is 0 Å². The molecule has 0 bridgehead atoms. The normalized spacial score (nSPS) is 11.0. The van der Waals surface area contributed by atoms with E-state index < -0.39 is 5.76 Å². The summed E-state index contributed by atoms with van der Waals surface area (Å²) in [6.07, 6.45) is 4.42. The van der Waals surface area contributed by atoms with E-state index in [1.165, 1.54) is 0 Å². The third-order valence-corrected chi connectivity index (χ3v) is 4.28. The number of fused-ring (bicyclic) bond motifs is 1. The molecule has 0 saturated heterocycles. The highest BCUT2D eigenvalue weighted by atomic mass is 16.4. The maximum absolute atomic E-state index is 12.2. The van der Waals surface area contributed by atoms with Gasteiger partial charge in [0.1, 0.15) is 0 Å². The van der Waals surface area contributed by atoms with Gasteiger partial charge in [-0.2, -0.15) is 5.10 Å². The van der Waals surface area contributed by atoms with Crippen LogP contribution < -0.4 is 11.1 Å². The summed E-state index contributed by atoms with van der Waals surface area (Å²) in [5.41, 5.74) is 2.95. The summed E-state index contributed by atoms with van der Waals surface area (Å²) in [6, 6.07) is 16.6. The predicted molar refractivity (Wildman–Crippen MR) is 102 cm³/mol. The summed E-state index contributed by atoms with van der Waals surface area (Å²) in [7, 11) is 0. The predicted octanol–water partition coefficient (Wildman–Crippen LogP) is 3.20. The Kier molecular flexibility index (Phi) is 4.57. The minimum Gasteiger partial charge on any atom is -0.408 e.